The van der Waals surface area contributed by atoms with Crippen LogP contribution < -0.4 is 5.56 Å². The smallest absolute Gasteiger partial charge is 0.266 e. The Balaban J connectivity index is 1.84. The molecule has 180 valence electrons. The summed E-state index contributed by atoms with van der Waals surface area (Å²) in [5.41, 5.74) is 1.83. The predicted molar refractivity (Wildman–Crippen MR) is 137 cm³/mol. The van der Waals surface area contributed by atoms with E-state index in [1.807, 2.05) is 43.3 Å². The van der Waals surface area contributed by atoms with Crippen LogP contribution in [0.2, 0.25) is 0 Å². The zero-order chi connectivity index (χ0) is 24.8. The number of halogens is 1. The Kier molecular flexibility index (Phi) is 7.70. The first-order valence-electron chi connectivity index (χ1n) is 12.1. The van der Waals surface area contributed by atoms with Gasteiger partial charge in [-0.05, 0) is 55.3 Å². The number of amides is 1. The molecule has 0 saturated carbocycles. The van der Waals surface area contributed by atoms with Gasteiger partial charge in [-0.1, -0.05) is 62.2 Å². The van der Waals surface area contributed by atoms with Gasteiger partial charge in [-0.15, -0.1) is 0 Å². The molecule has 1 unspecified atom stereocenters. The molecular weight excluding hydrogens is 441 g/mol. The molecule has 1 aromatic heterocycles. The molecule has 4 rings (SSSR count). The molecule has 5 nitrogen and oxygen atoms in total. The Hall–Kier alpha value is -3.80. The highest BCUT2D eigenvalue weighted by Crippen LogP contribution is 2.26. The van der Waals surface area contributed by atoms with Crippen LogP contribution in [0.5, 0.6) is 0 Å². The second-order valence-corrected chi connectivity index (χ2v) is 8.74. The number of hydrogen-bond acceptors (Lipinski definition) is 3. The average molecular weight is 472 g/mol. The minimum atomic E-state index is -0.494. The average Bonchev–Trinajstić information content (AvgIpc) is 2.88. The fourth-order valence-corrected chi connectivity index (χ4v) is 4.30. The number of aromatic nitrogens is 2. The van der Waals surface area contributed by atoms with Crippen LogP contribution in [0.25, 0.3) is 16.6 Å². The van der Waals surface area contributed by atoms with E-state index in [1.54, 1.807) is 35.2 Å². The van der Waals surface area contributed by atoms with Gasteiger partial charge in [0.15, 0.2) is 0 Å². The van der Waals surface area contributed by atoms with Crippen LogP contribution in [0, 0.1) is 5.82 Å². The summed E-state index contributed by atoms with van der Waals surface area (Å²) in [6, 6.07) is 22.2. The molecule has 3 aromatic carbocycles. The van der Waals surface area contributed by atoms with Crippen molar-refractivity contribution in [3.63, 3.8) is 0 Å². The number of unbranched alkanes of at least 4 members (excludes halogenated alkanes) is 2. The molecule has 0 bridgehead atoms. The van der Waals surface area contributed by atoms with Crippen molar-refractivity contribution in [1.29, 1.82) is 0 Å². The Morgan fingerprint density at radius 3 is 2.37 bits per heavy atom. The third kappa shape index (κ3) is 5.48. The van der Waals surface area contributed by atoms with Crippen LogP contribution in [0.4, 0.5) is 4.39 Å². The standard InChI is InChI=1S/C29H30FN3O2/c1-3-4-6-15-27(34)32(20-22-11-7-5-8-12-22)21(2)28-31-26-14-10-9-13-25(26)29(35)33(28)24-18-16-23(30)17-19-24/h5,7-14,16-19,21H,3-4,6,15,20H2,1-2H3. The van der Waals surface area contributed by atoms with Gasteiger partial charge < -0.3 is 4.90 Å². The lowest BCUT2D eigenvalue weighted by Gasteiger charge is -2.31. The molecule has 1 atom stereocenters. The first-order valence-corrected chi connectivity index (χ1v) is 12.1. The maximum Gasteiger partial charge on any atom is 0.266 e. The number of carbonyl (C=O) groups excluding carboxylic acids is 1. The summed E-state index contributed by atoms with van der Waals surface area (Å²) in [5.74, 6) is 0.0740. The van der Waals surface area contributed by atoms with E-state index in [4.69, 9.17) is 4.98 Å². The maximum atomic E-state index is 13.7. The Bertz CT molecular complexity index is 1350. The zero-order valence-electron chi connectivity index (χ0n) is 20.2. The molecule has 6 heteroatoms. The van der Waals surface area contributed by atoms with Crippen molar-refractivity contribution < 1.29 is 9.18 Å². The van der Waals surface area contributed by atoms with Crippen molar-refractivity contribution in [3.8, 4) is 5.69 Å². The van der Waals surface area contributed by atoms with Gasteiger partial charge in [-0.3, -0.25) is 14.2 Å². The van der Waals surface area contributed by atoms with Crippen LogP contribution in [0.1, 0.15) is 57.0 Å². The number of rotatable bonds is 9. The highest BCUT2D eigenvalue weighted by atomic mass is 19.1. The summed E-state index contributed by atoms with van der Waals surface area (Å²) in [7, 11) is 0. The van der Waals surface area contributed by atoms with Crippen LogP contribution in [-0.2, 0) is 11.3 Å². The van der Waals surface area contributed by atoms with Crippen molar-refractivity contribution in [2.75, 3.05) is 0 Å². The lowest BCUT2D eigenvalue weighted by atomic mass is 10.1. The van der Waals surface area contributed by atoms with Gasteiger partial charge >= 0.3 is 0 Å². The highest BCUT2D eigenvalue weighted by molar-refractivity contribution is 5.79. The van der Waals surface area contributed by atoms with Gasteiger partial charge in [0.1, 0.15) is 11.6 Å². The predicted octanol–water partition coefficient (Wildman–Crippen LogP) is 6.19. The summed E-state index contributed by atoms with van der Waals surface area (Å²) >= 11 is 0. The van der Waals surface area contributed by atoms with Crippen LogP contribution >= 0.6 is 0 Å². The molecular formula is C29H30FN3O2. The lowest BCUT2D eigenvalue weighted by Crippen LogP contribution is -2.37. The molecule has 1 heterocycles. The fraction of sp³-hybridized carbons (Fsp3) is 0.276. The topological polar surface area (TPSA) is 55.2 Å². The van der Waals surface area contributed by atoms with Gasteiger partial charge in [0.2, 0.25) is 5.91 Å². The molecule has 0 aliphatic carbocycles. The van der Waals surface area contributed by atoms with Crippen LogP contribution in [0.3, 0.4) is 0 Å². The first kappa shape index (κ1) is 24.3. The first-order chi connectivity index (χ1) is 17.0. The SMILES string of the molecule is CCCCCC(=O)N(Cc1ccccc1)C(C)c1nc2ccccc2c(=O)n1-c1ccc(F)cc1. The van der Waals surface area contributed by atoms with E-state index < -0.39 is 6.04 Å². The third-order valence-electron chi connectivity index (χ3n) is 6.24. The highest BCUT2D eigenvalue weighted by Gasteiger charge is 2.27. The molecule has 0 spiro atoms. The van der Waals surface area contributed by atoms with E-state index in [1.165, 1.54) is 16.7 Å². The molecule has 4 aromatic rings. The minimum absolute atomic E-state index is 0.0165. The molecule has 0 saturated heterocycles. The maximum absolute atomic E-state index is 13.7. The van der Waals surface area contributed by atoms with Crippen molar-refractivity contribution in [3.05, 3.63) is 106 Å². The molecule has 0 fully saturated rings. The molecule has 35 heavy (non-hydrogen) atoms. The van der Waals surface area contributed by atoms with E-state index in [9.17, 15) is 14.0 Å². The summed E-state index contributed by atoms with van der Waals surface area (Å²) in [5, 5.41) is 0.469. The third-order valence-corrected chi connectivity index (χ3v) is 6.24. The molecule has 0 aliphatic heterocycles. The summed E-state index contributed by atoms with van der Waals surface area (Å²) in [6.45, 7) is 4.41. The van der Waals surface area contributed by atoms with Crippen molar-refractivity contribution in [2.24, 2.45) is 0 Å². The molecule has 0 aliphatic rings. The van der Waals surface area contributed by atoms with E-state index in [0.717, 1.165) is 24.8 Å². The Morgan fingerprint density at radius 2 is 1.66 bits per heavy atom. The molecule has 0 radical (unpaired) electrons. The molecule has 0 N–H and O–H groups in total. The summed E-state index contributed by atoms with van der Waals surface area (Å²) < 4.78 is 15.2. The van der Waals surface area contributed by atoms with Gasteiger partial charge in [0, 0.05) is 13.0 Å². The molecule has 1 amide bonds. The largest absolute Gasteiger partial charge is 0.328 e. The number of hydrogen-bond donors (Lipinski definition) is 0. The quantitative estimate of drug-likeness (QED) is 0.273. The number of para-hydroxylation sites is 1. The second kappa shape index (κ2) is 11.1. The van der Waals surface area contributed by atoms with Gasteiger partial charge in [0.05, 0.1) is 22.6 Å². The van der Waals surface area contributed by atoms with E-state index in [2.05, 4.69) is 6.92 Å². The number of benzene rings is 3. The Morgan fingerprint density at radius 1 is 0.971 bits per heavy atom. The minimum Gasteiger partial charge on any atom is -0.328 e. The fourth-order valence-electron chi connectivity index (χ4n) is 4.30. The summed E-state index contributed by atoms with van der Waals surface area (Å²) in [6.07, 6.45) is 3.24. The second-order valence-electron chi connectivity index (χ2n) is 8.74. The monoisotopic (exact) mass is 471 g/mol. The van der Waals surface area contributed by atoms with Crippen molar-refractivity contribution >= 4 is 16.8 Å². The van der Waals surface area contributed by atoms with E-state index >= 15 is 0 Å². The zero-order valence-corrected chi connectivity index (χ0v) is 20.2. The van der Waals surface area contributed by atoms with Crippen molar-refractivity contribution in [1.82, 2.24) is 14.5 Å². The van der Waals surface area contributed by atoms with Crippen LogP contribution in [-0.4, -0.2) is 20.4 Å². The van der Waals surface area contributed by atoms with Crippen molar-refractivity contribution in [2.45, 2.75) is 52.1 Å². The van der Waals surface area contributed by atoms with E-state index in [0.29, 0.717) is 35.4 Å². The van der Waals surface area contributed by atoms with Crippen LogP contribution in [0.15, 0.2) is 83.7 Å². The number of fused-ring (bicyclic) bond motifs is 1. The number of carbonyl (C=O) groups is 1. The number of nitrogens with zero attached hydrogens (tertiary/aromatic N) is 3. The lowest BCUT2D eigenvalue weighted by molar-refractivity contribution is -0.134. The van der Waals surface area contributed by atoms with Gasteiger partial charge in [0.25, 0.3) is 5.56 Å². The van der Waals surface area contributed by atoms with Gasteiger partial charge in [-0.2, -0.15) is 0 Å². The van der Waals surface area contributed by atoms with Gasteiger partial charge in [-0.25, -0.2) is 9.37 Å². The Labute approximate surface area is 204 Å². The van der Waals surface area contributed by atoms with E-state index in [-0.39, 0.29) is 17.3 Å². The normalized spacial score (nSPS) is 12.0. The summed E-state index contributed by atoms with van der Waals surface area (Å²) in [4.78, 5) is 33.7.